The van der Waals surface area contributed by atoms with Crippen LogP contribution < -0.4 is 10.6 Å². The maximum absolute atomic E-state index is 5.15. The van der Waals surface area contributed by atoms with Gasteiger partial charge in [0, 0.05) is 19.2 Å². The summed E-state index contributed by atoms with van der Waals surface area (Å²) in [6, 6.07) is 0. The van der Waals surface area contributed by atoms with Crippen LogP contribution in [0.2, 0.25) is 0 Å². The van der Waals surface area contributed by atoms with Crippen molar-refractivity contribution in [3.8, 4) is 12.3 Å². The van der Waals surface area contributed by atoms with E-state index in [0.717, 1.165) is 17.0 Å². The molecule has 0 saturated carbocycles. The van der Waals surface area contributed by atoms with Crippen LogP contribution >= 0.6 is 24.0 Å². The number of aromatic nitrogens is 1. The number of nitrogens with one attached hydrogen (secondary N) is 2. The Morgan fingerprint density at radius 1 is 1.47 bits per heavy atom. The first-order chi connectivity index (χ1) is 7.69. The van der Waals surface area contributed by atoms with Crippen LogP contribution in [0, 0.1) is 26.2 Å². The zero-order chi connectivity index (χ0) is 12.0. The first kappa shape index (κ1) is 15.8. The van der Waals surface area contributed by atoms with Gasteiger partial charge < -0.3 is 15.2 Å². The number of rotatable bonds is 3. The molecule has 0 aromatic carbocycles. The van der Waals surface area contributed by atoms with Crippen LogP contribution in [-0.4, -0.2) is 24.7 Å². The SMILES string of the molecule is C#CCNC(=NC)NCc1c(C)noc1C.I. The van der Waals surface area contributed by atoms with Gasteiger partial charge in [-0.25, -0.2) is 0 Å². The van der Waals surface area contributed by atoms with Crippen molar-refractivity contribution >= 4 is 29.9 Å². The Labute approximate surface area is 118 Å². The van der Waals surface area contributed by atoms with Crippen LogP contribution in [0.1, 0.15) is 17.0 Å². The van der Waals surface area contributed by atoms with Gasteiger partial charge in [0.25, 0.3) is 0 Å². The summed E-state index contributed by atoms with van der Waals surface area (Å²) in [6.45, 7) is 4.85. The number of aliphatic imine (C=N–C) groups is 1. The second kappa shape index (κ2) is 7.95. The quantitative estimate of drug-likeness (QED) is 0.373. The van der Waals surface area contributed by atoms with Crippen molar-refractivity contribution in [3.63, 3.8) is 0 Å². The maximum atomic E-state index is 5.15. The van der Waals surface area contributed by atoms with Gasteiger partial charge in [-0.2, -0.15) is 0 Å². The average molecular weight is 348 g/mol. The van der Waals surface area contributed by atoms with Crippen LogP contribution in [0.25, 0.3) is 0 Å². The molecule has 1 rings (SSSR count). The third-order valence-electron chi connectivity index (χ3n) is 2.20. The highest BCUT2D eigenvalue weighted by atomic mass is 127. The van der Waals surface area contributed by atoms with Gasteiger partial charge in [-0.05, 0) is 13.8 Å². The molecule has 1 aromatic rings. The van der Waals surface area contributed by atoms with Gasteiger partial charge in [-0.15, -0.1) is 30.4 Å². The molecule has 0 amide bonds. The molecule has 5 nitrogen and oxygen atoms in total. The van der Waals surface area contributed by atoms with Crippen molar-refractivity contribution in [1.82, 2.24) is 15.8 Å². The summed E-state index contributed by atoms with van der Waals surface area (Å²) in [4.78, 5) is 4.03. The second-order valence-electron chi connectivity index (χ2n) is 3.29. The number of nitrogens with zero attached hydrogens (tertiary/aromatic N) is 2. The Balaban J connectivity index is 0.00000256. The fraction of sp³-hybridized carbons (Fsp3) is 0.455. The van der Waals surface area contributed by atoms with E-state index in [9.17, 15) is 0 Å². The minimum atomic E-state index is 0. The minimum Gasteiger partial charge on any atom is -0.361 e. The predicted octanol–water partition coefficient (Wildman–Crippen LogP) is 1.21. The Kier molecular flexibility index (Phi) is 7.37. The van der Waals surface area contributed by atoms with Crippen molar-refractivity contribution in [3.05, 3.63) is 17.0 Å². The maximum Gasteiger partial charge on any atom is 0.192 e. The second-order valence-corrected chi connectivity index (χ2v) is 3.29. The number of terminal acetylenes is 1. The largest absolute Gasteiger partial charge is 0.361 e. The highest BCUT2D eigenvalue weighted by Gasteiger charge is 2.08. The lowest BCUT2D eigenvalue weighted by atomic mass is 10.2. The van der Waals surface area contributed by atoms with Gasteiger partial charge in [0.1, 0.15) is 5.76 Å². The Morgan fingerprint density at radius 3 is 2.65 bits per heavy atom. The van der Waals surface area contributed by atoms with Crippen LogP contribution in [0.4, 0.5) is 0 Å². The van der Waals surface area contributed by atoms with Crippen molar-refractivity contribution in [1.29, 1.82) is 0 Å². The van der Waals surface area contributed by atoms with Gasteiger partial charge in [-0.3, -0.25) is 4.99 Å². The van der Waals surface area contributed by atoms with Gasteiger partial charge in [-0.1, -0.05) is 11.1 Å². The molecule has 1 aromatic heterocycles. The molecule has 6 heteroatoms. The van der Waals surface area contributed by atoms with Crippen molar-refractivity contribution in [2.45, 2.75) is 20.4 Å². The Hall–Kier alpha value is -1.23. The fourth-order valence-corrected chi connectivity index (χ4v) is 1.28. The van der Waals surface area contributed by atoms with Crippen LogP contribution in [0.3, 0.4) is 0 Å². The van der Waals surface area contributed by atoms with E-state index in [2.05, 4.69) is 26.7 Å². The van der Waals surface area contributed by atoms with E-state index in [1.54, 1.807) is 7.05 Å². The fourth-order valence-electron chi connectivity index (χ4n) is 1.28. The highest BCUT2D eigenvalue weighted by Crippen LogP contribution is 2.11. The number of hydrogen-bond donors (Lipinski definition) is 2. The molecule has 0 bridgehead atoms. The molecule has 0 unspecified atom stereocenters. The monoisotopic (exact) mass is 348 g/mol. The molecule has 0 saturated heterocycles. The van der Waals surface area contributed by atoms with Crippen molar-refractivity contribution in [2.75, 3.05) is 13.6 Å². The number of hydrogen-bond acceptors (Lipinski definition) is 3. The molecule has 0 aliphatic heterocycles. The molecular formula is C11H17IN4O. The smallest absolute Gasteiger partial charge is 0.192 e. The first-order valence-electron chi connectivity index (χ1n) is 4.98. The molecule has 0 aliphatic rings. The predicted molar refractivity (Wildman–Crippen MR) is 78.4 cm³/mol. The van der Waals surface area contributed by atoms with Gasteiger partial charge in [0.2, 0.25) is 0 Å². The summed E-state index contributed by atoms with van der Waals surface area (Å²) in [5.41, 5.74) is 1.93. The third-order valence-corrected chi connectivity index (χ3v) is 2.20. The number of halogens is 1. The van der Waals surface area contributed by atoms with E-state index >= 15 is 0 Å². The molecule has 2 N–H and O–H groups in total. The lowest BCUT2D eigenvalue weighted by molar-refractivity contribution is 0.392. The molecule has 0 fully saturated rings. The zero-order valence-corrected chi connectivity index (χ0v) is 12.5. The minimum absolute atomic E-state index is 0. The van der Waals surface area contributed by atoms with Crippen molar-refractivity contribution < 1.29 is 4.52 Å². The van der Waals surface area contributed by atoms with Gasteiger partial charge in [0.05, 0.1) is 12.2 Å². The molecule has 0 aliphatic carbocycles. The van der Waals surface area contributed by atoms with Crippen molar-refractivity contribution in [2.24, 2.45) is 4.99 Å². The van der Waals surface area contributed by atoms with Crippen LogP contribution in [0.15, 0.2) is 9.52 Å². The number of guanidine groups is 1. The van der Waals surface area contributed by atoms with E-state index in [0.29, 0.717) is 19.0 Å². The van der Waals surface area contributed by atoms with E-state index < -0.39 is 0 Å². The van der Waals surface area contributed by atoms with Gasteiger partial charge >= 0.3 is 0 Å². The van der Waals surface area contributed by atoms with E-state index in [1.807, 2.05) is 13.8 Å². The lowest BCUT2D eigenvalue weighted by Gasteiger charge is -2.09. The molecular weight excluding hydrogens is 331 g/mol. The Morgan fingerprint density at radius 2 is 2.18 bits per heavy atom. The summed E-state index contributed by atoms with van der Waals surface area (Å²) < 4.78 is 5.06. The average Bonchev–Trinajstić information content (AvgIpc) is 2.60. The molecule has 1 heterocycles. The molecule has 0 spiro atoms. The van der Waals surface area contributed by atoms with Crippen LogP contribution in [0.5, 0.6) is 0 Å². The van der Waals surface area contributed by atoms with E-state index in [4.69, 9.17) is 10.9 Å². The van der Waals surface area contributed by atoms with E-state index in [-0.39, 0.29) is 24.0 Å². The van der Waals surface area contributed by atoms with E-state index in [1.165, 1.54) is 0 Å². The third kappa shape index (κ3) is 4.65. The van der Waals surface area contributed by atoms with Gasteiger partial charge in [0.15, 0.2) is 5.96 Å². The summed E-state index contributed by atoms with van der Waals surface area (Å²) >= 11 is 0. The highest BCUT2D eigenvalue weighted by molar-refractivity contribution is 14.0. The standard InChI is InChI=1S/C11H16N4O.HI/c1-5-6-13-11(12-4)14-7-10-8(2)15-16-9(10)3;/h1H,6-7H2,2-4H3,(H2,12,13,14);1H. The summed E-state index contributed by atoms with van der Waals surface area (Å²) in [5, 5.41) is 9.98. The first-order valence-corrected chi connectivity index (χ1v) is 4.98. The molecule has 0 radical (unpaired) electrons. The lowest BCUT2D eigenvalue weighted by Crippen LogP contribution is -2.37. The molecule has 17 heavy (non-hydrogen) atoms. The Bertz CT molecular complexity index is 400. The molecule has 94 valence electrons. The molecule has 0 atom stereocenters. The zero-order valence-electron chi connectivity index (χ0n) is 10.2. The summed E-state index contributed by atoms with van der Waals surface area (Å²) in [7, 11) is 1.69. The van der Waals surface area contributed by atoms with Crippen LogP contribution in [-0.2, 0) is 6.54 Å². The summed E-state index contributed by atoms with van der Waals surface area (Å²) in [5.74, 6) is 3.97. The normalized spacial score (nSPS) is 10.4. The number of aryl methyl sites for hydroxylation is 2. The summed E-state index contributed by atoms with van der Waals surface area (Å²) in [6.07, 6.45) is 5.15. The topological polar surface area (TPSA) is 62.5 Å².